The molecular weight excluding hydrogens is 475 g/mol. The Morgan fingerprint density at radius 3 is 2.70 bits per heavy atom. The SMILES string of the molecule is COc1ccccc1CN=C(NCCCSC)NCc1nnc(C)n1C.I. The number of hydrogen-bond acceptors (Lipinski definition) is 5. The first-order chi connectivity index (χ1) is 12.7. The van der Waals surface area contributed by atoms with Gasteiger partial charge in [0.25, 0.3) is 0 Å². The zero-order chi connectivity index (χ0) is 18.8. The fraction of sp³-hybridized carbons (Fsp3) is 0.500. The molecule has 0 saturated carbocycles. The Morgan fingerprint density at radius 1 is 1.26 bits per heavy atom. The van der Waals surface area contributed by atoms with Crippen molar-refractivity contribution in [3.8, 4) is 5.75 Å². The Kier molecular flexibility index (Phi) is 11.2. The molecule has 0 saturated heterocycles. The van der Waals surface area contributed by atoms with Crippen LogP contribution >= 0.6 is 35.7 Å². The Hall–Kier alpha value is -1.49. The number of para-hydroxylation sites is 1. The van der Waals surface area contributed by atoms with E-state index >= 15 is 0 Å². The van der Waals surface area contributed by atoms with Gasteiger partial charge in [-0.3, -0.25) is 0 Å². The van der Waals surface area contributed by atoms with Crippen LogP contribution in [-0.2, 0) is 20.1 Å². The number of methoxy groups -OCH3 is 1. The summed E-state index contributed by atoms with van der Waals surface area (Å²) in [4.78, 5) is 4.70. The quantitative estimate of drug-likeness (QED) is 0.237. The van der Waals surface area contributed by atoms with E-state index in [-0.39, 0.29) is 24.0 Å². The second-order valence-electron chi connectivity index (χ2n) is 5.83. The first-order valence-corrected chi connectivity index (χ1v) is 10.0. The van der Waals surface area contributed by atoms with E-state index in [4.69, 9.17) is 9.73 Å². The standard InChI is InChI=1S/C18H28N6OS.HI/c1-14-22-23-17(24(14)2)13-21-18(19-10-7-11-26-4)20-12-15-8-5-6-9-16(15)25-3;/h5-6,8-9H,7,10-13H2,1-4H3,(H2,19,20,21);1H. The van der Waals surface area contributed by atoms with Crippen molar-refractivity contribution >= 4 is 41.7 Å². The molecule has 0 fully saturated rings. The summed E-state index contributed by atoms with van der Waals surface area (Å²) in [6, 6.07) is 7.93. The van der Waals surface area contributed by atoms with Crippen molar-refractivity contribution in [3.05, 3.63) is 41.5 Å². The van der Waals surface area contributed by atoms with Crippen molar-refractivity contribution in [2.24, 2.45) is 12.0 Å². The maximum Gasteiger partial charge on any atom is 0.191 e. The highest BCUT2D eigenvalue weighted by molar-refractivity contribution is 14.0. The fourth-order valence-corrected chi connectivity index (χ4v) is 2.80. The topological polar surface area (TPSA) is 76.4 Å². The number of aryl methyl sites for hydroxylation is 1. The van der Waals surface area contributed by atoms with Crippen LogP contribution in [0.25, 0.3) is 0 Å². The van der Waals surface area contributed by atoms with Gasteiger partial charge in [0.05, 0.1) is 20.2 Å². The number of rotatable bonds is 9. The number of aliphatic imine (C=N–C) groups is 1. The van der Waals surface area contributed by atoms with E-state index in [1.807, 2.05) is 54.6 Å². The van der Waals surface area contributed by atoms with E-state index < -0.39 is 0 Å². The summed E-state index contributed by atoms with van der Waals surface area (Å²) in [7, 11) is 3.64. The highest BCUT2D eigenvalue weighted by Crippen LogP contribution is 2.17. The van der Waals surface area contributed by atoms with Crippen LogP contribution in [0.1, 0.15) is 23.6 Å². The van der Waals surface area contributed by atoms with Gasteiger partial charge >= 0.3 is 0 Å². The maximum atomic E-state index is 5.40. The van der Waals surface area contributed by atoms with Gasteiger partial charge in [0.15, 0.2) is 11.8 Å². The Bertz CT molecular complexity index is 722. The van der Waals surface area contributed by atoms with Gasteiger partial charge in [0.2, 0.25) is 0 Å². The molecule has 0 aliphatic carbocycles. The molecule has 0 spiro atoms. The summed E-state index contributed by atoms with van der Waals surface area (Å²) in [5.41, 5.74) is 1.05. The largest absolute Gasteiger partial charge is 0.496 e. The number of ether oxygens (including phenoxy) is 1. The molecule has 2 aromatic rings. The van der Waals surface area contributed by atoms with Crippen LogP contribution in [0.15, 0.2) is 29.3 Å². The van der Waals surface area contributed by atoms with Crippen LogP contribution < -0.4 is 15.4 Å². The Labute approximate surface area is 182 Å². The van der Waals surface area contributed by atoms with Gasteiger partial charge in [0, 0.05) is 19.2 Å². The second kappa shape index (κ2) is 12.8. The minimum atomic E-state index is 0. The van der Waals surface area contributed by atoms with E-state index in [0.29, 0.717) is 13.1 Å². The van der Waals surface area contributed by atoms with Crippen LogP contribution in [0.2, 0.25) is 0 Å². The van der Waals surface area contributed by atoms with Gasteiger partial charge in [-0.15, -0.1) is 34.2 Å². The highest BCUT2D eigenvalue weighted by atomic mass is 127. The molecule has 2 N–H and O–H groups in total. The third-order valence-electron chi connectivity index (χ3n) is 4.01. The van der Waals surface area contributed by atoms with Crippen LogP contribution in [-0.4, -0.2) is 46.4 Å². The zero-order valence-corrected chi connectivity index (χ0v) is 19.5. The van der Waals surface area contributed by atoms with E-state index in [2.05, 4.69) is 27.1 Å². The van der Waals surface area contributed by atoms with Gasteiger partial charge < -0.3 is 19.9 Å². The summed E-state index contributed by atoms with van der Waals surface area (Å²) >= 11 is 1.84. The summed E-state index contributed by atoms with van der Waals surface area (Å²) < 4.78 is 7.37. The molecule has 27 heavy (non-hydrogen) atoms. The highest BCUT2D eigenvalue weighted by Gasteiger charge is 2.07. The lowest BCUT2D eigenvalue weighted by atomic mass is 10.2. The number of halogens is 1. The number of aromatic nitrogens is 3. The minimum Gasteiger partial charge on any atom is -0.496 e. The average Bonchev–Trinajstić information content (AvgIpc) is 2.99. The summed E-state index contributed by atoms with van der Waals surface area (Å²) in [6.45, 7) is 3.92. The lowest BCUT2D eigenvalue weighted by molar-refractivity contribution is 0.410. The van der Waals surface area contributed by atoms with Gasteiger partial charge in [-0.05, 0) is 31.4 Å². The molecule has 1 aromatic carbocycles. The van der Waals surface area contributed by atoms with E-state index in [1.165, 1.54) is 0 Å². The van der Waals surface area contributed by atoms with E-state index in [9.17, 15) is 0 Å². The lowest BCUT2D eigenvalue weighted by Gasteiger charge is -2.13. The first-order valence-electron chi connectivity index (χ1n) is 8.63. The number of thioether (sulfide) groups is 1. The molecular formula is C18H29IN6OS. The van der Waals surface area contributed by atoms with Crippen molar-refractivity contribution in [2.45, 2.75) is 26.4 Å². The summed E-state index contributed by atoms with van der Waals surface area (Å²) in [5, 5.41) is 15.0. The Balaban J connectivity index is 0.00000364. The number of nitrogens with zero attached hydrogens (tertiary/aromatic N) is 4. The Morgan fingerprint density at radius 2 is 2.04 bits per heavy atom. The maximum absolute atomic E-state index is 5.40. The number of hydrogen-bond donors (Lipinski definition) is 2. The molecule has 1 heterocycles. The molecule has 150 valence electrons. The predicted octanol–water partition coefficient (Wildman–Crippen LogP) is 2.74. The lowest BCUT2D eigenvalue weighted by Crippen LogP contribution is -2.38. The monoisotopic (exact) mass is 504 g/mol. The number of guanidine groups is 1. The first kappa shape index (κ1) is 23.5. The van der Waals surface area contributed by atoms with Crippen LogP contribution in [0.4, 0.5) is 0 Å². The molecule has 0 atom stereocenters. The predicted molar refractivity (Wildman–Crippen MR) is 123 cm³/mol. The van der Waals surface area contributed by atoms with Gasteiger partial charge in [-0.25, -0.2) is 4.99 Å². The number of benzene rings is 1. The molecule has 7 nitrogen and oxygen atoms in total. The average molecular weight is 504 g/mol. The van der Waals surface area contributed by atoms with Crippen molar-refractivity contribution in [1.29, 1.82) is 0 Å². The van der Waals surface area contributed by atoms with Gasteiger partial charge in [-0.2, -0.15) is 11.8 Å². The van der Waals surface area contributed by atoms with Gasteiger partial charge in [-0.1, -0.05) is 18.2 Å². The third-order valence-corrected chi connectivity index (χ3v) is 4.71. The fourth-order valence-electron chi connectivity index (χ4n) is 2.36. The number of nitrogens with one attached hydrogen (secondary N) is 2. The van der Waals surface area contributed by atoms with Crippen LogP contribution in [0.3, 0.4) is 0 Å². The molecule has 2 rings (SSSR count). The van der Waals surface area contributed by atoms with Crippen molar-refractivity contribution in [1.82, 2.24) is 25.4 Å². The molecule has 0 aliphatic heterocycles. The molecule has 0 radical (unpaired) electrons. The van der Waals surface area contributed by atoms with E-state index in [0.717, 1.165) is 47.6 Å². The van der Waals surface area contributed by atoms with Crippen molar-refractivity contribution in [3.63, 3.8) is 0 Å². The molecule has 9 heteroatoms. The summed E-state index contributed by atoms with van der Waals surface area (Å²) in [6.07, 6.45) is 3.20. The molecule has 0 bridgehead atoms. The van der Waals surface area contributed by atoms with Crippen molar-refractivity contribution < 1.29 is 4.74 Å². The van der Waals surface area contributed by atoms with Crippen molar-refractivity contribution in [2.75, 3.05) is 25.7 Å². The van der Waals surface area contributed by atoms with Crippen LogP contribution in [0, 0.1) is 6.92 Å². The molecule has 1 aromatic heterocycles. The van der Waals surface area contributed by atoms with E-state index in [1.54, 1.807) is 7.11 Å². The smallest absolute Gasteiger partial charge is 0.191 e. The molecule has 0 unspecified atom stereocenters. The van der Waals surface area contributed by atoms with Crippen LogP contribution in [0.5, 0.6) is 5.75 Å². The normalized spacial score (nSPS) is 11.0. The molecule has 0 aliphatic rings. The van der Waals surface area contributed by atoms with Gasteiger partial charge in [0.1, 0.15) is 11.6 Å². The summed E-state index contributed by atoms with van der Waals surface area (Å²) in [5.74, 6) is 4.50. The third kappa shape index (κ3) is 7.57. The molecule has 0 amide bonds. The second-order valence-corrected chi connectivity index (χ2v) is 6.81. The minimum absolute atomic E-state index is 0. The zero-order valence-electron chi connectivity index (χ0n) is 16.4.